The number of hydrogen-bond acceptors (Lipinski definition) is 3. The minimum atomic E-state index is 0.0191. The second kappa shape index (κ2) is 7.43. The Labute approximate surface area is 127 Å². The lowest BCUT2D eigenvalue weighted by atomic mass is 9.99. The van der Waals surface area contributed by atoms with Gasteiger partial charge in [0, 0.05) is 24.3 Å². The number of carbonyl (C=O) groups excluding carboxylic acids is 1. The van der Waals surface area contributed by atoms with Crippen LogP contribution < -0.4 is 10.6 Å². The molecule has 0 saturated heterocycles. The van der Waals surface area contributed by atoms with Crippen LogP contribution in [0.4, 0.5) is 5.82 Å². The number of aromatic nitrogens is 1. The third-order valence-corrected chi connectivity index (χ3v) is 4.37. The molecule has 0 bridgehead atoms. The van der Waals surface area contributed by atoms with Crippen molar-refractivity contribution in [1.29, 1.82) is 0 Å². The quantitative estimate of drug-likeness (QED) is 0.844. The summed E-state index contributed by atoms with van der Waals surface area (Å²) in [6.07, 6.45) is 6.99. The second-order valence-electron chi connectivity index (χ2n) is 6.04. The van der Waals surface area contributed by atoms with Crippen molar-refractivity contribution >= 4 is 11.7 Å². The fraction of sp³-hybridized carbons (Fsp3) is 0.647. The van der Waals surface area contributed by atoms with E-state index in [1.165, 1.54) is 25.7 Å². The molecule has 0 radical (unpaired) electrons. The minimum absolute atomic E-state index is 0.0191. The van der Waals surface area contributed by atoms with Crippen molar-refractivity contribution in [3.05, 3.63) is 23.4 Å². The molecule has 116 valence electrons. The zero-order valence-electron chi connectivity index (χ0n) is 13.4. The van der Waals surface area contributed by atoms with Gasteiger partial charge in [0.2, 0.25) is 0 Å². The van der Waals surface area contributed by atoms with E-state index in [0.717, 1.165) is 24.4 Å². The molecule has 1 aliphatic rings. The number of hydrogen-bond donors (Lipinski definition) is 2. The van der Waals surface area contributed by atoms with E-state index >= 15 is 0 Å². The molecule has 1 aromatic heterocycles. The average molecular weight is 289 g/mol. The largest absolute Gasteiger partial charge is 0.373 e. The lowest BCUT2D eigenvalue weighted by Crippen LogP contribution is -2.37. The number of rotatable bonds is 6. The van der Waals surface area contributed by atoms with Crippen LogP contribution in [0.25, 0.3) is 0 Å². The van der Waals surface area contributed by atoms with Gasteiger partial charge in [0.15, 0.2) is 0 Å². The summed E-state index contributed by atoms with van der Waals surface area (Å²) < 4.78 is 0. The molecular formula is C17H27N3O. The molecule has 4 nitrogen and oxygen atoms in total. The Bertz CT molecular complexity index is 481. The third-order valence-electron chi connectivity index (χ3n) is 4.37. The van der Waals surface area contributed by atoms with Gasteiger partial charge in [0.1, 0.15) is 5.82 Å². The zero-order chi connectivity index (χ0) is 15.2. The van der Waals surface area contributed by atoms with Gasteiger partial charge in [-0.1, -0.05) is 26.2 Å². The number of amides is 1. The molecule has 1 heterocycles. The van der Waals surface area contributed by atoms with Crippen LogP contribution in [0.2, 0.25) is 0 Å². The van der Waals surface area contributed by atoms with Crippen molar-refractivity contribution in [3.8, 4) is 0 Å². The van der Waals surface area contributed by atoms with Crippen LogP contribution in [-0.4, -0.2) is 24.0 Å². The Balaban J connectivity index is 2.08. The molecule has 0 spiro atoms. The smallest absolute Gasteiger partial charge is 0.251 e. The first-order chi connectivity index (χ1) is 10.1. The monoisotopic (exact) mass is 289 g/mol. The molecule has 1 aromatic rings. The maximum atomic E-state index is 12.5. The Hall–Kier alpha value is -1.58. The van der Waals surface area contributed by atoms with E-state index in [0.29, 0.717) is 11.5 Å². The van der Waals surface area contributed by atoms with E-state index in [4.69, 9.17) is 0 Å². The van der Waals surface area contributed by atoms with E-state index in [-0.39, 0.29) is 11.9 Å². The van der Waals surface area contributed by atoms with Crippen molar-refractivity contribution < 1.29 is 4.79 Å². The first kappa shape index (κ1) is 15.8. The fourth-order valence-electron chi connectivity index (χ4n) is 3.10. The van der Waals surface area contributed by atoms with Gasteiger partial charge in [-0.15, -0.1) is 0 Å². The summed E-state index contributed by atoms with van der Waals surface area (Å²) in [5.41, 5.74) is 1.69. The number of aryl methyl sites for hydroxylation is 1. The summed E-state index contributed by atoms with van der Waals surface area (Å²) in [6, 6.07) is 4.00. The van der Waals surface area contributed by atoms with Crippen LogP contribution in [0, 0.1) is 5.92 Å². The number of pyridine rings is 1. The van der Waals surface area contributed by atoms with Crippen LogP contribution in [-0.2, 0) is 6.42 Å². The molecule has 1 fully saturated rings. The van der Waals surface area contributed by atoms with Gasteiger partial charge in [-0.2, -0.15) is 0 Å². The maximum Gasteiger partial charge on any atom is 0.251 e. The van der Waals surface area contributed by atoms with E-state index in [2.05, 4.69) is 29.5 Å². The Kier molecular flexibility index (Phi) is 5.59. The molecule has 1 saturated carbocycles. The molecule has 0 aliphatic heterocycles. The zero-order valence-corrected chi connectivity index (χ0v) is 13.4. The highest BCUT2D eigenvalue weighted by Crippen LogP contribution is 2.27. The number of nitrogens with zero attached hydrogens (tertiary/aromatic N) is 1. The van der Waals surface area contributed by atoms with E-state index in [1.54, 1.807) is 0 Å². The summed E-state index contributed by atoms with van der Waals surface area (Å²) in [5, 5.41) is 6.20. The summed E-state index contributed by atoms with van der Waals surface area (Å²) in [5.74, 6) is 1.42. The van der Waals surface area contributed by atoms with Gasteiger partial charge >= 0.3 is 0 Å². The van der Waals surface area contributed by atoms with E-state index in [1.807, 2.05) is 19.2 Å². The molecule has 1 unspecified atom stereocenters. The van der Waals surface area contributed by atoms with Crippen LogP contribution in [0.5, 0.6) is 0 Å². The molecule has 0 aromatic carbocycles. The summed E-state index contributed by atoms with van der Waals surface area (Å²) in [7, 11) is 1.83. The van der Waals surface area contributed by atoms with Crippen LogP contribution >= 0.6 is 0 Å². The van der Waals surface area contributed by atoms with Crippen molar-refractivity contribution in [2.45, 2.75) is 58.4 Å². The Morgan fingerprint density at radius 3 is 2.71 bits per heavy atom. The molecule has 4 heteroatoms. The Morgan fingerprint density at radius 2 is 2.10 bits per heavy atom. The summed E-state index contributed by atoms with van der Waals surface area (Å²) in [6.45, 7) is 4.25. The van der Waals surface area contributed by atoms with Gasteiger partial charge < -0.3 is 10.6 Å². The average Bonchev–Trinajstić information content (AvgIpc) is 3.01. The van der Waals surface area contributed by atoms with Gasteiger partial charge in [-0.25, -0.2) is 4.98 Å². The van der Waals surface area contributed by atoms with Crippen molar-refractivity contribution in [3.63, 3.8) is 0 Å². The van der Waals surface area contributed by atoms with Crippen molar-refractivity contribution in [2.75, 3.05) is 12.4 Å². The lowest BCUT2D eigenvalue weighted by molar-refractivity contribution is 0.0927. The molecule has 21 heavy (non-hydrogen) atoms. The standard InChI is InChI=1S/C17H27N3O/c1-4-7-15-10-14(11-16(18-3)20-15)17(21)19-12(2)13-8-5-6-9-13/h10-13H,4-9H2,1-3H3,(H,18,20)(H,19,21). The van der Waals surface area contributed by atoms with Crippen LogP contribution in [0.3, 0.4) is 0 Å². The lowest BCUT2D eigenvalue weighted by Gasteiger charge is -2.20. The molecule has 2 N–H and O–H groups in total. The van der Waals surface area contributed by atoms with Gasteiger partial charge in [0.05, 0.1) is 0 Å². The molecule has 2 rings (SSSR count). The van der Waals surface area contributed by atoms with Gasteiger partial charge in [-0.3, -0.25) is 4.79 Å². The van der Waals surface area contributed by atoms with Gasteiger partial charge in [-0.05, 0) is 44.2 Å². The molecule has 1 atom stereocenters. The normalized spacial score (nSPS) is 16.7. The Morgan fingerprint density at radius 1 is 1.38 bits per heavy atom. The highest BCUT2D eigenvalue weighted by atomic mass is 16.1. The van der Waals surface area contributed by atoms with E-state index in [9.17, 15) is 4.79 Å². The second-order valence-corrected chi connectivity index (χ2v) is 6.04. The highest BCUT2D eigenvalue weighted by molar-refractivity contribution is 5.95. The fourth-order valence-corrected chi connectivity index (χ4v) is 3.10. The first-order valence-corrected chi connectivity index (χ1v) is 8.13. The molecule has 1 amide bonds. The SMILES string of the molecule is CCCc1cc(C(=O)NC(C)C2CCCC2)cc(NC)n1. The molecular weight excluding hydrogens is 262 g/mol. The summed E-state index contributed by atoms with van der Waals surface area (Å²) >= 11 is 0. The predicted molar refractivity (Wildman–Crippen MR) is 86.7 cm³/mol. The first-order valence-electron chi connectivity index (χ1n) is 8.13. The predicted octanol–water partition coefficient (Wildman–Crippen LogP) is 3.38. The van der Waals surface area contributed by atoms with Gasteiger partial charge in [0.25, 0.3) is 5.91 Å². The highest BCUT2D eigenvalue weighted by Gasteiger charge is 2.23. The summed E-state index contributed by atoms with van der Waals surface area (Å²) in [4.78, 5) is 17.0. The number of nitrogens with one attached hydrogen (secondary N) is 2. The molecule has 1 aliphatic carbocycles. The third kappa shape index (κ3) is 4.19. The van der Waals surface area contributed by atoms with Crippen LogP contribution in [0.15, 0.2) is 12.1 Å². The van der Waals surface area contributed by atoms with Crippen molar-refractivity contribution in [2.24, 2.45) is 5.92 Å². The van der Waals surface area contributed by atoms with Crippen LogP contribution in [0.1, 0.15) is 62.0 Å². The number of carbonyl (C=O) groups is 1. The number of anilines is 1. The van der Waals surface area contributed by atoms with Crippen molar-refractivity contribution in [1.82, 2.24) is 10.3 Å². The maximum absolute atomic E-state index is 12.5. The topological polar surface area (TPSA) is 54.0 Å². The minimum Gasteiger partial charge on any atom is -0.373 e. The van der Waals surface area contributed by atoms with E-state index < -0.39 is 0 Å².